The summed E-state index contributed by atoms with van der Waals surface area (Å²) in [6.45, 7) is 0. The minimum atomic E-state index is -4.32. The van der Waals surface area contributed by atoms with Crippen molar-refractivity contribution in [2.75, 3.05) is 5.73 Å². The lowest BCUT2D eigenvalue weighted by Gasteiger charge is -1.99. The fraction of sp³-hybridized carbons (Fsp3) is 0. The molecular formula is C6H3F2NO4S. The molecule has 0 radical (unpaired) electrons. The van der Waals surface area contributed by atoms with Gasteiger partial charge in [-0.15, -0.1) is 8.42 Å². The molecule has 1 aliphatic rings. The number of hydrogen-bond donors (Lipinski definition) is 1. The summed E-state index contributed by atoms with van der Waals surface area (Å²) >= 11 is 0. The Labute approximate surface area is 77.4 Å². The van der Waals surface area contributed by atoms with Crippen LogP contribution in [0.2, 0.25) is 0 Å². The molecule has 8 heteroatoms. The third kappa shape index (κ3) is 1.15. The van der Waals surface area contributed by atoms with Gasteiger partial charge in [-0.05, 0) is 0 Å². The largest absolute Gasteiger partial charge is 0.501 e. The summed E-state index contributed by atoms with van der Waals surface area (Å²) in [5, 5.41) is 0. The van der Waals surface area contributed by atoms with E-state index in [1.54, 1.807) is 0 Å². The standard InChI is InChI=1S/C6H3F2NO4S/c7-4-2(9)1-3-6(5(4)8)13-14(10,11)12-3/h1H,9H2. The Morgan fingerprint density at radius 2 is 1.86 bits per heavy atom. The van der Waals surface area contributed by atoms with Crippen LogP contribution in [0.25, 0.3) is 0 Å². The van der Waals surface area contributed by atoms with E-state index in [-0.39, 0.29) is 0 Å². The molecule has 1 aromatic carbocycles. The number of fused-ring (bicyclic) bond motifs is 1. The predicted molar refractivity (Wildman–Crippen MR) is 40.9 cm³/mol. The van der Waals surface area contributed by atoms with Crippen LogP contribution in [0.4, 0.5) is 14.5 Å². The monoisotopic (exact) mass is 223 g/mol. The van der Waals surface area contributed by atoms with Gasteiger partial charge in [0, 0.05) is 6.07 Å². The molecule has 0 aromatic heterocycles. The molecule has 0 aliphatic carbocycles. The summed E-state index contributed by atoms with van der Waals surface area (Å²) in [5.41, 5.74) is 4.48. The summed E-state index contributed by atoms with van der Waals surface area (Å²) in [4.78, 5) is 0. The number of nitrogen functional groups attached to an aromatic ring is 1. The summed E-state index contributed by atoms with van der Waals surface area (Å²) in [5.74, 6) is -4.12. The van der Waals surface area contributed by atoms with Gasteiger partial charge in [-0.25, -0.2) is 4.39 Å². The highest BCUT2D eigenvalue weighted by molar-refractivity contribution is 7.82. The Morgan fingerprint density at radius 3 is 2.50 bits per heavy atom. The molecule has 5 nitrogen and oxygen atoms in total. The van der Waals surface area contributed by atoms with E-state index in [0.29, 0.717) is 0 Å². The fourth-order valence-corrected chi connectivity index (χ4v) is 1.71. The fourth-order valence-electron chi connectivity index (χ4n) is 0.973. The highest BCUT2D eigenvalue weighted by Crippen LogP contribution is 2.41. The molecule has 0 bridgehead atoms. The molecule has 0 atom stereocenters. The van der Waals surface area contributed by atoms with Gasteiger partial charge in [-0.2, -0.15) is 4.39 Å². The van der Waals surface area contributed by atoms with Gasteiger partial charge in [0.1, 0.15) is 0 Å². The van der Waals surface area contributed by atoms with E-state index < -0.39 is 39.2 Å². The molecule has 0 amide bonds. The highest BCUT2D eigenvalue weighted by atomic mass is 32.3. The van der Waals surface area contributed by atoms with Crippen LogP contribution in [0.5, 0.6) is 11.5 Å². The molecule has 1 heterocycles. The minimum absolute atomic E-state index is 0.457. The third-order valence-electron chi connectivity index (χ3n) is 1.53. The van der Waals surface area contributed by atoms with Crippen LogP contribution in [0.15, 0.2) is 6.07 Å². The summed E-state index contributed by atoms with van der Waals surface area (Å²) < 4.78 is 55.4. The molecule has 0 spiro atoms. The first-order valence-electron chi connectivity index (χ1n) is 3.32. The van der Waals surface area contributed by atoms with Crippen molar-refractivity contribution < 1.29 is 25.6 Å². The van der Waals surface area contributed by atoms with Crippen molar-refractivity contribution in [2.45, 2.75) is 0 Å². The predicted octanol–water partition coefficient (Wildman–Crippen LogP) is 0.563. The number of benzene rings is 1. The molecule has 76 valence electrons. The van der Waals surface area contributed by atoms with E-state index in [0.717, 1.165) is 6.07 Å². The second kappa shape index (κ2) is 2.47. The Morgan fingerprint density at radius 1 is 1.21 bits per heavy atom. The van der Waals surface area contributed by atoms with Crippen LogP contribution in [0.3, 0.4) is 0 Å². The van der Waals surface area contributed by atoms with Gasteiger partial charge >= 0.3 is 10.4 Å². The molecular weight excluding hydrogens is 220 g/mol. The first kappa shape index (κ1) is 9.00. The highest BCUT2D eigenvalue weighted by Gasteiger charge is 2.34. The Kier molecular flexibility index (Phi) is 1.59. The van der Waals surface area contributed by atoms with E-state index in [9.17, 15) is 17.2 Å². The summed E-state index contributed by atoms with van der Waals surface area (Å²) in [6.07, 6.45) is 0. The van der Waals surface area contributed by atoms with E-state index in [2.05, 4.69) is 8.37 Å². The Hall–Kier alpha value is -1.57. The molecule has 0 unspecified atom stereocenters. The van der Waals surface area contributed by atoms with Crippen LogP contribution in [0, 0.1) is 11.6 Å². The van der Waals surface area contributed by atoms with E-state index in [1.165, 1.54) is 0 Å². The lowest BCUT2D eigenvalue weighted by Crippen LogP contribution is -2.08. The topological polar surface area (TPSA) is 78.6 Å². The van der Waals surface area contributed by atoms with Crippen molar-refractivity contribution in [3.8, 4) is 11.5 Å². The molecule has 1 aromatic rings. The lowest BCUT2D eigenvalue weighted by atomic mass is 10.2. The third-order valence-corrected chi connectivity index (χ3v) is 2.29. The maximum atomic E-state index is 13.0. The molecule has 2 rings (SSSR count). The van der Waals surface area contributed by atoms with E-state index in [4.69, 9.17) is 5.73 Å². The zero-order valence-electron chi connectivity index (χ0n) is 6.45. The molecule has 0 saturated carbocycles. The maximum Gasteiger partial charge on any atom is 0.501 e. The molecule has 0 fully saturated rings. The quantitative estimate of drug-likeness (QED) is 0.650. The van der Waals surface area contributed by atoms with Crippen molar-refractivity contribution in [3.05, 3.63) is 17.7 Å². The van der Waals surface area contributed by atoms with Crippen molar-refractivity contribution in [2.24, 2.45) is 0 Å². The molecule has 14 heavy (non-hydrogen) atoms. The van der Waals surface area contributed by atoms with Gasteiger partial charge in [0.15, 0.2) is 11.6 Å². The van der Waals surface area contributed by atoms with Gasteiger partial charge in [0.05, 0.1) is 5.69 Å². The first-order chi connectivity index (χ1) is 6.41. The van der Waals surface area contributed by atoms with Crippen LogP contribution in [0.1, 0.15) is 0 Å². The number of nitrogens with two attached hydrogens (primary N) is 1. The van der Waals surface area contributed by atoms with Gasteiger partial charge in [0.2, 0.25) is 11.6 Å². The summed E-state index contributed by atoms with van der Waals surface area (Å²) in [7, 11) is -4.32. The van der Waals surface area contributed by atoms with Crippen molar-refractivity contribution in [3.63, 3.8) is 0 Å². The Balaban J connectivity index is 2.70. The van der Waals surface area contributed by atoms with Crippen molar-refractivity contribution in [1.82, 2.24) is 0 Å². The van der Waals surface area contributed by atoms with Crippen LogP contribution in [-0.2, 0) is 10.4 Å². The smallest absolute Gasteiger partial charge is 0.396 e. The maximum absolute atomic E-state index is 13.0. The Bertz CT molecular complexity index is 513. The van der Waals surface area contributed by atoms with Gasteiger partial charge < -0.3 is 14.1 Å². The average Bonchev–Trinajstić information content (AvgIpc) is 2.37. The van der Waals surface area contributed by atoms with Crippen LogP contribution in [-0.4, -0.2) is 8.42 Å². The second-order valence-corrected chi connectivity index (χ2v) is 3.65. The summed E-state index contributed by atoms with van der Waals surface area (Å²) in [6, 6.07) is 0.832. The van der Waals surface area contributed by atoms with Crippen molar-refractivity contribution >= 4 is 16.1 Å². The van der Waals surface area contributed by atoms with Gasteiger partial charge in [-0.3, -0.25) is 0 Å². The number of anilines is 1. The van der Waals surface area contributed by atoms with Crippen LogP contribution < -0.4 is 14.1 Å². The zero-order chi connectivity index (χ0) is 10.5. The number of hydrogen-bond acceptors (Lipinski definition) is 5. The van der Waals surface area contributed by atoms with E-state index >= 15 is 0 Å². The van der Waals surface area contributed by atoms with Crippen LogP contribution >= 0.6 is 0 Å². The van der Waals surface area contributed by atoms with Gasteiger partial charge in [0.25, 0.3) is 0 Å². The normalized spacial score (nSPS) is 17.0. The average molecular weight is 223 g/mol. The molecule has 2 N–H and O–H groups in total. The van der Waals surface area contributed by atoms with E-state index in [1.807, 2.05) is 0 Å². The lowest BCUT2D eigenvalue weighted by molar-refractivity contribution is 0.424. The SMILES string of the molecule is Nc1cc2c(c(F)c1F)OS(=O)(=O)O2. The second-order valence-electron chi connectivity index (χ2n) is 2.50. The number of halogens is 2. The molecule has 1 aliphatic heterocycles. The first-order valence-corrected chi connectivity index (χ1v) is 4.65. The van der Waals surface area contributed by atoms with Crippen molar-refractivity contribution in [1.29, 1.82) is 0 Å². The molecule has 0 saturated heterocycles. The zero-order valence-corrected chi connectivity index (χ0v) is 7.27. The minimum Gasteiger partial charge on any atom is -0.396 e. The van der Waals surface area contributed by atoms with Gasteiger partial charge in [-0.1, -0.05) is 0 Å². The number of rotatable bonds is 0.